The number of aromatic nitrogens is 2. The van der Waals surface area contributed by atoms with Crippen LogP contribution in [0.5, 0.6) is 0 Å². The third kappa shape index (κ3) is 1.76. The van der Waals surface area contributed by atoms with Crippen LogP contribution in [0.4, 0.5) is 10.1 Å². The Balaban J connectivity index is 2.36. The fourth-order valence-electron chi connectivity index (χ4n) is 2.53. The molecular formula is C16H16FN3. The fourth-order valence-corrected chi connectivity index (χ4v) is 2.53. The first-order valence-corrected chi connectivity index (χ1v) is 6.63. The van der Waals surface area contributed by atoms with E-state index in [-0.39, 0.29) is 5.82 Å². The Bertz CT molecular complexity index is 790. The van der Waals surface area contributed by atoms with Crippen LogP contribution in [-0.4, -0.2) is 9.55 Å². The van der Waals surface area contributed by atoms with E-state index in [4.69, 9.17) is 5.73 Å². The molecule has 4 heteroatoms. The maximum atomic E-state index is 13.9. The van der Waals surface area contributed by atoms with E-state index in [1.165, 1.54) is 6.07 Å². The molecule has 0 atom stereocenters. The highest BCUT2D eigenvalue weighted by molar-refractivity contribution is 5.82. The highest BCUT2D eigenvalue weighted by Gasteiger charge is 2.16. The lowest BCUT2D eigenvalue weighted by Crippen LogP contribution is -2.00. The number of halogens is 1. The number of benzene rings is 2. The second kappa shape index (κ2) is 4.63. The predicted octanol–water partition coefficient (Wildman–Crippen LogP) is 3.75. The second-order valence-electron chi connectivity index (χ2n) is 4.81. The number of para-hydroxylation sites is 1. The van der Waals surface area contributed by atoms with Gasteiger partial charge >= 0.3 is 0 Å². The molecule has 0 amide bonds. The summed E-state index contributed by atoms with van der Waals surface area (Å²) in [6.07, 6.45) is 0. The third-order valence-electron chi connectivity index (χ3n) is 3.66. The van der Waals surface area contributed by atoms with Gasteiger partial charge in [0.1, 0.15) is 11.3 Å². The normalized spacial score (nSPS) is 11.2. The summed E-state index contributed by atoms with van der Waals surface area (Å²) in [4.78, 5) is 4.49. The van der Waals surface area contributed by atoms with Crippen molar-refractivity contribution in [2.24, 2.45) is 0 Å². The molecule has 0 unspecified atom stereocenters. The van der Waals surface area contributed by atoms with Crippen molar-refractivity contribution < 1.29 is 4.39 Å². The Morgan fingerprint density at radius 1 is 1.20 bits per heavy atom. The van der Waals surface area contributed by atoms with Gasteiger partial charge in [0.15, 0.2) is 5.82 Å². The molecule has 0 aliphatic carbocycles. The first kappa shape index (κ1) is 12.7. The van der Waals surface area contributed by atoms with Gasteiger partial charge in [0.25, 0.3) is 0 Å². The number of hydrogen-bond donors (Lipinski definition) is 1. The van der Waals surface area contributed by atoms with E-state index in [9.17, 15) is 4.39 Å². The van der Waals surface area contributed by atoms with Crippen LogP contribution in [0, 0.1) is 12.7 Å². The number of imidazole rings is 1. The Kier molecular flexibility index (Phi) is 2.93. The molecule has 0 fully saturated rings. The molecule has 0 saturated heterocycles. The van der Waals surface area contributed by atoms with Gasteiger partial charge in [-0.15, -0.1) is 0 Å². The summed E-state index contributed by atoms with van der Waals surface area (Å²) >= 11 is 0. The molecule has 2 N–H and O–H groups in total. The third-order valence-corrected chi connectivity index (χ3v) is 3.66. The molecule has 1 heterocycles. The molecule has 2 aromatic carbocycles. The summed E-state index contributed by atoms with van der Waals surface area (Å²) in [6.45, 7) is 4.71. The molecule has 1 aromatic heterocycles. The van der Waals surface area contributed by atoms with Gasteiger partial charge in [-0.1, -0.05) is 18.2 Å². The highest BCUT2D eigenvalue weighted by Crippen LogP contribution is 2.30. The zero-order valence-electron chi connectivity index (χ0n) is 11.5. The van der Waals surface area contributed by atoms with E-state index in [0.717, 1.165) is 34.7 Å². The molecule has 3 rings (SSSR count). The quantitative estimate of drug-likeness (QED) is 0.720. The average Bonchev–Trinajstić information content (AvgIpc) is 2.81. The van der Waals surface area contributed by atoms with E-state index < -0.39 is 0 Å². The van der Waals surface area contributed by atoms with Crippen molar-refractivity contribution in [3.8, 4) is 11.4 Å². The number of aryl methyl sites for hydroxylation is 1. The van der Waals surface area contributed by atoms with Crippen LogP contribution in [0.3, 0.4) is 0 Å². The van der Waals surface area contributed by atoms with Crippen LogP contribution in [0.2, 0.25) is 0 Å². The molecule has 0 radical (unpaired) electrons. The molecular weight excluding hydrogens is 253 g/mol. The first-order valence-electron chi connectivity index (χ1n) is 6.63. The van der Waals surface area contributed by atoms with Gasteiger partial charge in [0, 0.05) is 17.8 Å². The molecule has 0 spiro atoms. The first-order chi connectivity index (χ1) is 9.63. The van der Waals surface area contributed by atoms with Crippen molar-refractivity contribution in [2.75, 3.05) is 5.73 Å². The largest absolute Gasteiger partial charge is 0.398 e. The fraction of sp³-hybridized carbons (Fsp3) is 0.188. The van der Waals surface area contributed by atoms with E-state index in [1.807, 2.05) is 42.7 Å². The van der Waals surface area contributed by atoms with Gasteiger partial charge in [0.05, 0.1) is 5.52 Å². The molecule has 0 bridgehead atoms. The van der Waals surface area contributed by atoms with E-state index in [0.29, 0.717) is 5.52 Å². The van der Waals surface area contributed by atoms with Crippen LogP contribution >= 0.6 is 0 Å². The number of nitrogens with zero attached hydrogens (tertiary/aromatic N) is 2. The summed E-state index contributed by atoms with van der Waals surface area (Å²) in [5.74, 6) is 0.468. The lowest BCUT2D eigenvalue weighted by atomic mass is 10.1. The van der Waals surface area contributed by atoms with Crippen LogP contribution in [0.25, 0.3) is 22.4 Å². The molecule has 0 saturated carbocycles. The Morgan fingerprint density at radius 3 is 2.70 bits per heavy atom. The molecule has 20 heavy (non-hydrogen) atoms. The van der Waals surface area contributed by atoms with E-state index >= 15 is 0 Å². The Morgan fingerprint density at radius 2 is 1.95 bits per heavy atom. The van der Waals surface area contributed by atoms with Gasteiger partial charge < -0.3 is 10.3 Å². The molecule has 0 aliphatic rings. The number of nitrogens with two attached hydrogens (primary N) is 1. The summed E-state index contributed by atoms with van der Waals surface area (Å²) in [7, 11) is 0. The number of fused-ring (bicyclic) bond motifs is 1. The van der Waals surface area contributed by atoms with Gasteiger partial charge in [-0.25, -0.2) is 9.37 Å². The van der Waals surface area contributed by atoms with Crippen LogP contribution in [0.15, 0.2) is 36.4 Å². The molecule has 3 nitrogen and oxygen atoms in total. The minimum absolute atomic E-state index is 0.294. The highest BCUT2D eigenvalue weighted by atomic mass is 19.1. The summed E-state index contributed by atoms with van der Waals surface area (Å²) in [6, 6.07) is 10.8. The lowest BCUT2D eigenvalue weighted by Gasteiger charge is -2.10. The maximum absolute atomic E-state index is 13.9. The smallest absolute Gasteiger partial charge is 0.151 e. The summed E-state index contributed by atoms with van der Waals surface area (Å²) in [5, 5.41) is 0. The van der Waals surface area contributed by atoms with Crippen molar-refractivity contribution >= 4 is 16.7 Å². The molecule has 3 aromatic rings. The van der Waals surface area contributed by atoms with Gasteiger partial charge in [0.2, 0.25) is 0 Å². The molecule has 0 aliphatic heterocycles. The number of rotatable bonds is 2. The van der Waals surface area contributed by atoms with Crippen molar-refractivity contribution in [3.05, 3.63) is 47.8 Å². The van der Waals surface area contributed by atoms with Crippen molar-refractivity contribution in [3.63, 3.8) is 0 Å². The topological polar surface area (TPSA) is 43.8 Å². The maximum Gasteiger partial charge on any atom is 0.151 e. The van der Waals surface area contributed by atoms with E-state index in [2.05, 4.69) is 4.98 Å². The zero-order valence-corrected chi connectivity index (χ0v) is 11.5. The summed E-state index contributed by atoms with van der Waals surface area (Å²) in [5.41, 5.74) is 9.82. The number of hydrogen-bond acceptors (Lipinski definition) is 2. The zero-order chi connectivity index (χ0) is 14.3. The summed E-state index contributed by atoms with van der Waals surface area (Å²) < 4.78 is 15.9. The van der Waals surface area contributed by atoms with Crippen LogP contribution < -0.4 is 5.73 Å². The van der Waals surface area contributed by atoms with Gasteiger partial charge in [-0.3, -0.25) is 0 Å². The Hall–Kier alpha value is -2.36. The minimum atomic E-state index is -0.294. The minimum Gasteiger partial charge on any atom is -0.398 e. The number of nitrogen functional groups attached to an aromatic ring is 1. The number of anilines is 1. The van der Waals surface area contributed by atoms with Crippen molar-refractivity contribution in [1.82, 2.24) is 9.55 Å². The predicted molar refractivity (Wildman–Crippen MR) is 80.0 cm³/mol. The van der Waals surface area contributed by atoms with Crippen LogP contribution in [-0.2, 0) is 6.54 Å². The van der Waals surface area contributed by atoms with Gasteiger partial charge in [-0.05, 0) is 37.6 Å². The van der Waals surface area contributed by atoms with Crippen LogP contribution in [0.1, 0.15) is 12.5 Å². The van der Waals surface area contributed by atoms with E-state index in [1.54, 1.807) is 6.07 Å². The monoisotopic (exact) mass is 269 g/mol. The second-order valence-corrected chi connectivity index (χ2v) is 4.81. The standard InChI is InChI=1S/C16H16FN3/c1-3-20-14-9-5-7-12(17)15(14)19-16(20)11-6-4-8-13(18)10(11)2/h4-9H,3,18H2,1-2H3. The lowest BCUT2D eigenvalue weighted by molar-refractivity contribution is 0.637. The van der Waals surface area contributed by atoms with Gasteiger partial charge in [-0.2, -0.15) is 0 Å². The SMILES string of the molecule is CCn1c(-c2cccc(N)c2C)nc2c(F)cccc21. The van der Waals surface area contributed by atoms with Crippen molar-refractivity contribution in [2.45, 2.75) is 20.4 Å². The van der Waals surface area contributed by atoms with Crippen molar-refractivity contribution in [1.29, 1.82) is 0 Å². The average molecular weight is 269 g/mol. The molecule has 102 valence electrons. The Labute approximate surface area is 116 Å².